The molecule has 2 rings (SSSR count). The minimum atomic E-state index is -3.35. The van der Waals surface area contributed by atoms with Crippen molar-refractivity contribution >= 4 is 21.2 Å². The molecule has 4 heteroatoms. The van der Waals surface area contributed by atoms with Gasteiger partial charge in [0.05, 0.1) is 4.90 Å². The minimum absolute atomic E-state index is 0.369. The summed E-state index contributed by atoms with van der Waals surface area (Å²) in [5.74, 6) is 0. The first kappa shape index (κ1) is 12.3. The van der Waals surface area contributed by atoms with E-state index in [1.807, 2.05) is 38.3 Å². The molecule has 0 saturated heterocycles. The Morgan fingerprint density at radius 3 is 2.06 bits per heavy atom. The summed E-state index contributed by atoms with van der Waals surface area (Å²) >= 11 is 1.29. The van der Waals surface area contributed by atoms with E-state index < -0.39 is 9.84 Å². The number of rotatable bonds is 2. The first-order valence-electron chi connectivity index (χ1n) is 5.29. The number of sulfone groups is 1. The average Bonchev–Trinajstić information content (AvgIpc) is 2.61. The zero-order valence-corrected chi connectivity index (χ0v) is 11.7. The van der Waals surface area contributed by atoms with Gasteiger partial charge in [-0.05, 0) is 49.4 Å². The Morgan fingerprint density at radius 1 is 1.00 bits per heavy atom. The molecule has 0 radical (unpaired) electrons. The van der Waals surface area contributed by atoms with E-state index in [-0.39, 0.29) is 0 Å². The van der Waals surface area contributed by atoms with Crippen LogP contribution in [0.15, 0.2) is 38.8 Å². The largest absolute Gasteiger partial charge is 0.218 e. The van der Waals surface area contributed by atoms with E-state index in [1.165, 1.54) is 11.3 Å². The van der Waals surface area contributed by atoms with Gasteiger partial charge in [-0.3, -0.25) is 0 Å². The van der Waals surface area contributed by atoms with Gasteiger partial charge < -0.3 is 0 Å². The van der Waals surface area contributed by atoms with E-state index >= 15 is 0 Å². The highest BCUT2D eigenvalue weighted by Gasteiger charge is 2.22. The molecule has 0 aliphatic heterocycles. The molecule has 1 aromatic heterocycles. The van der Waals surface area contributed by atoms with Crippen LogP contribution in [0.5, 0.6) is 0 Å². The Morgan fingerprint density at radius 2 is 1.59 bits per heavy atom. The van der Waals surface area contributed by atoms with Crippen molar-refractivity contribution in [3.8, 4) is 0 Å². The molecular weight excluding hydrogens is 252 g/mol. The Hall–Kier alpha value is -1.13. The maximum Gasteiger partial charge on any atom is 0.216 e. The summed E-state index contributed by atoms with van der Waals surface area (Å²) in [6.07, 6.45) is 0. The summed E-state index contributed by atoms with van der Waals surface area (Å²) in [5.41, 5.74) is 2.94. The fourth-order valence-corrected chi connectivity index (χ4v) is 4.58. The van der Waals surface area contributed by atoms with Gasteiger partial charge in [0.2, 0.25) is 9.84 Å². The number of thiophene rings is 1. The fourth-order valence-electron chi connectivity index (χ4n) is 1.57. The molecule has 2 aromatic rings. The van der Waals surface area contributed by atoms with E-state index in [0.717, 1.165) is 16.7 Å². The normalized spacial score (nSPS) is 11.7. The molecule has 0 bridgehead atoms. The van der Waals surface area contributed by atoms with Crippen LogP contribution in [-0.4, -0.2) is 8.42 Å². The molecule has 0 saturated carbocycles. The standard InChI is InChI=1S/C13H14O2S2/c1-9-4-6-12(7-5-9)17(14,15)13-11(3)10(2)8-16-13/h4-8H,1-3H3. The van der Waals surface area contributed by atoms with E-state index in [1.54, 1.807) is 12.1 Å². The van der Waals surface area contributed by atoms with Crippen molar-refractivity contribution in [1.29, 1.82) is 0 Å². The number of aryl methyl sites for hydroxylation is 2. The van der Waals surface area contributed by atoms with Crippen LogP contribution >= 0.6 is 11.3 Å². The second-order valence-electron chi connectivity index (χ2n) is 4.15. The predicted octanol–water partition coefficient (Wildman–Crippen LogP) is 3.51. The van der Waals surface area contributed by atoms with Gasteiger partial charge in [0.25, 0.3) is 0 Å². The molecule has 0 unspecified atom stereocenters. The van der Waals surface area contributed by atoms with Crippen molar-refractivity contribution in [1.82, 2.24) is 0 Å². The highest BCUT2D eigenvalue weighted by atomic mass is 32.2. The summed E-state index contributed by atoms with van der Waals surface area (Å²) in [7, 11) is -3.35. The maximum absolute atomic E-state index is 12.4. The number of hydrogen-bond donors (Lipinski definition) is 0. The number of benzene rings is 1. The van der Waals surface area contributed by atoms with Crippen molar-refractivity contribution in [3.63, 3.8) is 0 Å². The topological polar surface area (TPSA) is 34.1 Å². The lowest BCUT2D eigenvalue weighted by Gasteiger charge is -2.04. The zero-order chi connectivity index (χ0) is 12.6. The second-order valence-corrected chi connectivity index (χ2v) is 7.17. The van der Waals surface area contributed by atoms with Crippen molar-refractivity contribution in [3.05, 3.63) is 46.3 Å². The lowest BCUT2D eigenvalue weighted by atomic mass is 10.2. The average molecular weight is 266 g/mol. The zero-order valence-electron chi connectivity index (χ0n) is 10.0. The highest BCUT2D eigenvalue weighted by Crippen LogP contribution is 2.31. The molecule has 0 fully saturated rings. The molecule has 0 atom stereocenters. The third-order valence-corrected chi connectivity index (χ3v) is 6.44. The predicted molar refractivity (Wildman–Crippen MR) is 70.4 cm³/mol. The van der Waals surface area contributed by atoms with Gasteiger partial charge in [-0.15, -0.1) is 11.3 Å². The van der Waals surface area contributed by atoms with Crippen molar-refractivity contribution < 1.29 is 8.42 Å². The van der Waals surface area contributed by atoms with Crippen molar-refractivity contribution in [2.45, 2.75) is 29.9 Å². The number of hydrogen-bond acceptors (Lipinski definition) is 3. The lowest BCUT2D eigenvalue weighted by Crippen LogP contribution is -2.01. The molecule has 0 spiro atoms. The van der Waals surface area contributed by atoms with Gasteiger partial charge >= 0.3 is 0 Å². The quantitative estimate of drug-likeness (QED) is 0.833. The van der Waals surface area contributed by atoms with Gasteiger partial charge in [0.1, 0.15) is 4.21 Å². The van der Waals surface area contributed by atoms with Crippen molar-refractivity contribution in [2.75, 3.05) is 0 Å². The van der Waals surface area contributed by atoms with Gasteiger partial charge in [-0.2, -0.15) is 0 Å². The van der Waals surface area contributed by atoms with Gasteiger partial charge in [0.15, 0.2) is 0 Å². The van der Waals surface area contributed by atoms with Crippen LogP contribution in [0, 0.1) is 20.8 Å². The van der Waals surface area contributed by atoms with Crippen LogP contribution in [0.3, 0.4) is 0 Å². The molecule has 2 nitrogen and oxygen atoms in total. The van der Waals surface area contributed by atoms with Crippen LogP contribution in [0.4, 0.5) is 0 Å². The second kappa shape index (κ2) is 4.27. The smallest absolute Gasteiger partial charge is 0.216 e. The Labute approximate surface area is 106 Å². The van der Waals surface area contributed by atoms with Gasteiger partial charge in [-0.25, -0.2) is 8.42 Å². The van der Waals surface area contributed by atoms with E-state index in [2.05, 4.69) is 0 Å². The Kier molecular flexibility index (Phi) is 3.10. The molecule has 17 heavy (non-hydrogen) atoms. The summed E-state index contributed by atoms with van der Waals surface area (Å²) in [4.78, 5) is 0.369. The van der Waals surface area contributed by atoms with Crippen LogP contribution in [-0.2, 0) is 9.84 Å². The summed E-state index contributed by atoms with van der Waals surface area (Å²) < 4.78 is 25.2. The van der Waals surface area contributed by atoms with Crippen LogP contribution in [0.25, 0.3) is 0 Å². The highest BCUT2D eigenvalue weighted by molar-refractivity contribution is 7.93. The maximum atomic E-state index is 12.4. The Balaban J connectivity index is 2.58. The first-order valence-corrected chi connectivity index (χ1v) is 7.65. The summed E-state index contributed by atoms with van der Waals surface area (Å²) in [5, 5.41) is 1.89. The summed E-state index contributed by atoms with van der Waals surface area (Å²) in [6, 6.07) is 6.98. The van der Waals surface area contributed by atoms with Gasteiger partial charge in [-0.1, -0.05) is 17.7 Å². The fraction of sp³-hybridized carbons (Fsp3) is 0.231. The monoisotopic (exact) mass is 266 g/mol. The van der Waals surface area contributed by atoms with Crippen LogP contribution in [0.1, 0.15) is 16.7 Å². The third-order valence-electron chi connectivity index (χ3n) is 2.82. The van der Waals surface area contributed by atoms with Crippen molar-refractivity contribution in [2.24, 2.45) is 0 Å². The molecule has 0 aliphatic carbocycles. The van der Waals surface area contributed by atoms with Crippen LogP contribution < -0.4 is 0 Å². The van der Waals surface area contributed by atoms with Crippen LogP contribution in [0.2, 0.25) is 0 Å². The lowest BCUT2D eigenvalue weighted by molar-refractivity contribution is 0.597. The molecule has 0 amide bonds. The molecule has 0 aliphatic rings. The SMILES string of the molecule is Cc1ccc(S(=O)(=O)c2scc(C)c2C)cc1. The third kappa shape index (κ3) is 2.15. The minimum Gasteiger partial charge on any atom is -0.218 e. The van der Waals surface area contributed by atoms with E-state index in [9.17, 15) is 8.42 Å². The first-order chi connectivity index (χ1) is 7.93. The molecule has 1 heterocycles. The Bertz CT molecular complexity index is 635. The molecule has 1 aromatic carbocycles. The molecule has 0 N–H and O–H groups in total. The molecular formula is C13H14O2S2. The summed E-state index contributed by atoms with van der Waals surface area (Å²) in [6.45, 7) is 5.73. The van der Waals surface area contributed by atoms with Gasteiger partial charge in [0, 0.05) is 0 Å². The molecule has 90 valence electrons. The van der Waals surface area contributed by atoms with E-state index in [0.29, 0.717) is 9.10 Å². The van der Waals surface area contributed by atoms with E-state index in [4.69, 9.17) is 0 Å².